The first kappa shape index (κ1) is 24.7. The molecule has 178 valence electrons. The standard InChI is InChI=1S/C24H31N3O5S/c1-3-4-15-25-24(29)21-7-5-6-8-22(21)26-23(28)18-13-16-27(17-14-18)33(30,31)20-11-9-19(32-2)10-12-20/h5-12,18H,3-4,13-17H2,1-2H3,(H,25,29)(H,26,28). The number of carbonyl (C=O) groups excluding carboxylic acids is 2. The lowest BCUT2D eigenvalue weighted by Gasteiger charge is -2.30. The highest BCUT2D eigenvalue weighted by Gasteiger charge is 2.32. The van der Waals surface area contributed by atoms with Gasteiger partial charge in [0, 0.05) is 25.6 Å². The van der Waals surface area contributed by atoms with Crippen molar-refractivity contribution in [1.29, 1.82) is 0 Å². The zero-order valence-electron chi connectivity index (χ0n) is 19.0. The number of hydrogen-bond acceptors (Lipinski definition) is 5. The van der Waals surface area contributed by atoms with Crippen LogP contribution in [-0.4, -0.2) is 51.3 Å². The highest BCUT2D eigenvalue weighted by Crippen LogP contribution is 2.26. The van der Waals surface area contributed by atoms with Crippen LogP contribution >= 0.6 is 0 Å². The summed E-state index contributed by atoms with van der Waals surface area (Å²) in [6.07, 6.45) is 2.68. The van der Waals surface area contributed by atoms with Crippen LogP contribution in [-0.2, 0) is 14.8 Å². The van der Waals surface area contributed by atoms with Gasteiger partial charge in [-0.05, 0) is 55.7 Å². The van der Waals surface area contributed by atoms with E-state index in [1.807, 2.05) is 6.92 Å². The van der Waals surface area contributed by atoms with Crippen LogP contribution in [0.1, 0.15) is 43.0 Å². The Bertz CT molecular complexity index is 1060. The van der Waals surface area contributed by atoms with Gasteiger partial charge in [0.2, 0.25) is 15.9 Å². The summed E-state index contributed by atoms with van der Waals surface area (Å²) in [6, 6.07) is 13.2. The molecule has 2 aromatic carbocycles. The van der Waals surface area contributed by atoms with Gasteiger partial charge in [-0.25, -0.2) is 8.42 Å². The molecule has 0 unspecified atom stereocenters. The summed E-state index contributed by atoms with van der Waals surface area (Å²) < 4.78 is 32.3. The maximum atomic E-state index is 12.9. The molecule has 1 aliphatic heterocycles. The van der Waals surface area contributed by atoms with Crippen molar-refractivity contribution < 1.29 is 22.7 Å². The summed E-state index contributed by atoms with van der Waals surface area (Å²) >= 11 is 0. The minimum atomic E-state index is -3.63. The number of rotatable bonds is 9. The summed E-state index contributed by atoms with van der Waals surface area (Å²) in [6.45, 7) is 3.14. The number of carbonyl (C=O) groups is 2. The first-order valence-electron chi connectivity index (χ1n) is 11.2. The number of para-hydroxylation sites is 1. The van der Waals surface area contributed by atoms with Gasteiger partial charge in [0.15, 0.2) is 0 Å². The van der Waals surface area contributed by atoms with Crippen molar-refractivity contribution in [1.82, 2.24) is 9.62 Å². The molecule has 1 heterocycles. The second-order valence-electron chi connectivity index (χ2n) is 8.00. The lowest BCUT2D eigenvalue weighted by Crippen LogP contribution is -2.41. The van der Waals surface area contributed by atoms with Crippen molar-refractivity contribution >= 4 is 27.5 Å². The Morgan fingerprint density at radius 3 is 2.36 bits per heavy atom. The zero-order chi connectivity index (χ0) is 23.8. The number of methoxy groups -OCH3 is 1. The minimum Gasteiger partial charge on any atom is -0.497 e. The number of hydrogen-bond donors (Lipinski definition) is 2. The molecule has 0 atom stereocenters. The molecule has 2 aromatic rings. The summed E-state index contributed by atoms with van der Waals surface area (Å²) in [5.74, 6) is -0.169. The fourth-order valence-corrected chi connectivity index (χ4v) is 5.22. The van der Waals surface area contributed by atoms with Crippen molar-refractivity contribution in [2.24, 2.45) is 5.92 Å². The predicted molar refractivity (Wildman–Crippen MR) is 127 cm³/mol. The molecule has 0 bridgehead atoms. The molecule has 2 N–H and O–H groups in total. The number of nitrogens with one attached hydrogen (secondary N) is 2. The predicted octanol–water partition coefficient (Wildman–Crippen LogP) is 3.26. The number of ether oxygens (including phenoxy) is 1. The van der Waals surface area contributed by atoms with Crippen LogP contribution in [0.15, 0.2) is 53.4 Å². The molecule has 0 aliphatic carbocycles. The van der Waals surface area contributed by atoms with Crippen LogP contribution in [0.3, 0.4) is 0 Å². The van der Waals surface area contributed by atoms with Crippen molar-refractivity contribution in [3.63, 3.8) is 0 Å². The second kappa shape index (κ2) is 11.3. The Kier molecular flexibility index (Phi) is 8.46. The average Bonchev–Trinajstić information content (AvgIpc) is 2.84. The van der Waals surface area contributed by atoms with Crippen molar-refractivity contribution in [3.05, 3.63) is 54.1 Å². The summed E-state index contributed by atoms with van der Waals surface area (Å²) in [5.41, 5.74) is 0.881. The maximum Gasteiger partial charge on any atom is 0.253 e. The van der Waals surface area contributed by atoms with Gasteiger partial charge in [0.1, 0.15) is 5.75 Å². The van der Waals surface area contributed by atoms with Gasteiger partial charge < -0.3 is 15.4 Å². The van der Waals surface area contributed by atoms with Crippen molar-refractivity contribution in [3.8, 4) is 5.75 Å². The fraction of sp³-hybridized carbons (Fsp3) is 0.417. The van der Waals surface area contributed by atoms with Crippen LogP contribution < -0.4 is 15.4 Å². The Morgan fingerprint density at radius 1 is 1.06 bits per heavy atom. The molecule has 0 aromatic heterocycles. The van der Waals surface area contributed by atoms with Gasteiger partial charge in [-0.15, -0.1) is 0 Å². The Labute approximate surface area is 195 Å². The fourth-order valence-electron chi connectivity index (χ4n) is 3.75. The van der Waals surface area contributed by atoms with Gasteiger partial charge in [-0.1, -0.05) is 25.5 Å². The van der Waals surface area contributed by atoms with E-state index in [1.165, 1.54) is 23.5 Å². The highest BCUT2D eigenvalue weighted by atomic mass is 32.2. The number of anilines is 1. The first-order valence-corrected chi connectivity index (χ1v) is 12.6. The second-order valence-corrected chi connectivity index (χ2v) is 9.94. The van der Waals surface area contributed by atoms with E-state index in [2.05, 4.69) is 10.6 Å². The molecular formula is C24H31N3O5S. The van der Waals surface area contributed by atoms with Gasteiger partial charge in [-0.3, -0.25) is 9.59 Å². The lowest BCUT2D eigenvalue weighted by atomic mass is 9.97. The zero-order valence-corrected chi connectivity index (χ0v) is 19.9. The number of sulfonamides is 1. The third kappa shape index (κ3) is 6.11. The smallest absolute Gasteiger partial charge is 0.253 e. The third-order valence-corrected chi connectivity index (χ3v) is 7.68. The van der Waals surface area contributed by atoms with E-state index >= 15 is 0 Å². The van der Waals surface area contributed by atoms with E-state index in [0.29, 0.717) is 36.4 Å². The van der Waals surface area contributed by atoms with Gasteiger partial charge in [0.25, 0.3) is 5.91 Å². The van der Waals surface area contributed by atoms with E-state index < -0.39 is 10.0 Å². The topological polar surface area (TPSA) is 105 Å². The van der Waals surface area contributed by atoms with E-state index in [-0.39, 0.29) is 35.7 Å². The Hall–Kier alpha value is -2.91. The first-order chi connectivity index (χ1) is 15.9. The Balaban J connectivity index is 1.60. The van der Waals surface area contributed by atoms with E-state index in [1.54, 1.807) is 36.4 Å². The summed E-state index contributed by atoms with van der Waals surface area (Å²) in [4.78, 5) is 25.6. The lowest BCUT2D eigenvalue weighted by molar-refractivity contribution is -0.120. The molecule has 8 nitrogen and oxygen atoms in total. The monoisotopic (exact) mass is 473 g/mol. The van der Waals surface area contributed by atoms with Crippen LogP contribution in [0.4, 0.5) is 5.69 Å². The van der Waals surface area contributed by atoms with E-state index in [4.69, 9.17) is 4.74 Å². The number of piperidine rings is 1. The van der Waals surface area contributed by atoms with E-state index in [0.717, 1.165) is 12.8 Å². The summed E-state index contributed by atoms with van der Waals surface area (Å²) in [5, 5.41) is 5.73. The molecule has 1 saturated heterocycles. The SMILES string of the molecule is CCCCNC(=O)c1ccccc1NC(=O)C1CCN(S(=O)(=O)c2ccc(OC)cc2)CC1. The molecule has 1 fully saturated rings. The molecule has 3 rings (SSSR count). The number of unbranched alkanes of at least 4 members (excludes halogenated alkanes) is 1. The molecule has 33 heavy (non-hydrogen) atoms. The van der Waals surface area contributed by atoms with Gasteiger partial charge in [0.05, 0.1) is 23.3 Å². The third-order valence-electron chi connectivity index (χ3n) is 5.77. The molecule has 9 heteroatoms. The van der Waals surface area contributed by atoms with Gasteiger partial charge >= 0.3 is 0 Å². The normalized spacial score (nSPS) is 15.1. The molecule has 1 aliphatic rings. The number of nitrogens with zero attached hydrogens (tertiary/aromatic N) is 1. The molecular weight excluding hydrogens is 442 g/mol. The molecule has 0 spiro atoms. The number of amides is 2. The number of benzene rings is 2. The van der Waals surface area contributed by atoms with Gasteiger partial charge in [-0.2, -0.15) is 4.31 Å². The van der Waals surface area contributed by atoms with Crippen LogP contribution in [0.2, 0.25) is 0 Å². The molecule has 0 saturated carbocycles. The van der Waals surface area contributed by atoms with Crippen molar-refractivity contribution in [2.45, 2.75) is 37.5 Å². The van der Waals surface area contributed by atoms with Crippen LogP contribution in [0.5, 0.6) is 5.75 Å². The van der Waals surface area contributed by atoms with Crippen molar-refractivity contribution in [2.75, 3.05) is 32.1 Å². The minimum absolute atomic E-state index is 0.203. The largest absolute Gasteiger partial charge is 0.497 e. The maximum absolute atomic E-state index is 12.9. The molecule has 2 amide bonds. The quantitative estimate of drug-likeness (QED) is 0.544. The average molecular weight is 474 g/mol. The van der Waals surface area contributed by atoms with Crippen LogP contribution in [0, 0.1) is 5.92 Å². The van der Waals surface area contributed by atoms with E-state index in [9.17, 15) is 18.0 Å². The Morgan fingerprint density at radius 2 is 1.73 bits per heavy atom. The summed E-state index contributed by atoms with van der Waals surface area (Å²) in [7, 11) is -2.11. The van der Waals surface area contributed by atoms with Crippen LogP contribution in [0.25, 0.3) is 0 Å². The highest BCUT2D eigenvalue weighted by molar-refractivity contribution is 7.89. The molecule has 0 radical (unpaired) electrons.